The summed E-state index contributed by atoms with van der Waals surface area (Å²) < 4.78 is 13.2. The Labute approximate surface area is 169 Å². The summed E-state index contributed by atoms with van der Waals surface area (Å²) in [6.45, 7) is 2.57. The molecule has 148 valence electrons. The Kier molecular flexibility index (Phi) is 5.60. The molecule has 4 rings (SSSR count). The van der Waals surface area contributed by atoms with Gasteiger partial charge in [-0.2, -0.15) is 0 Å². The van der Waals surface area contributed by atoms with Gasteiger partial charge in [0.05, 0.1) is 18.2 Å². The van der Waals surface area contributed by atoms with Crippen molar-refractivity contribution in [3.63, 3.8) is 0 Å². The number of aryl methyl sites for hydroxylation is 1. The molecule has 1 amide bonds. The van der Waals surface area contributed by atoms with Crippen molar-refractivity contribution in [3.8, 4) is 11.1 Å². The Morgan fingerprint density at radius 3 is 2.66 bits per heavy atom. The monoisotopic (exact) mass is 390 g/mol. The van der Waals surface area contributed by atoms with Crippen LogP contribution < -0.4 is 0 Å². The first-order chi connectivity index (χ1) is 14.1. The molecule has 0 bridgehead atoms. The number of carbonyl (C=O) groups is 1. The summed E-state index contributed by atoms with van der Waals surface area (Å²) in [6, 6.07) is 9.90. The van der Waals surface area contributed by atoms with Crippen molar-refractivity contribution >= 4 is 5.91 Å². The molecule has 1 aliphatic rings. The van der Waals surface area contributed by atoms with E-state index >= 15 is 0 Å². The number of rotatable bonds is 4. The molecule has 1 saturated heterocycles. The molecule has 3 heterocycles. The van der Waals surface area contributed by atoms with Crippen LogP contribution in [0.5, 0.6) is 0 Å². The topological polar surface area (TPSA) is 59.0 Å². The maximum absolute atomic E-state index is 13.2. The fraction of sp³-hybridized carbons (Fsp3) is 0.304. The number of likely N-dealkylation sites (tertiary alicyclic amines) is 1. The third-order valence-corrected chi connectivity index (χ3v) is 5.34. The van der Waals surface area contributed by atoms with Gasteiger partial charge in [0, 0.05) is 30.7 Å². The van der Waals surface area contributed by atoms with Crippen molar-refractivity contribution in [3.05, 3.63) is 77.9 Å². The van der Waals surface area contributed by atoms with Gasteiger partial charge in [-0.1, -0.05) is 12.1 Å². The van der Waals surface area contributed by atoms with E-state index in [4.69, 9.17) is 4.98 Å². The van der Waals surface area contributed by atoms with Gasteiger partial charge in [0.25, 0.3) is 0 Å². The van der Waals surface area contributed by atoms with Crippen molar-refractivity contribution in [2.75, 3.05) is 6.54 Å². The Hall–Kier alpha value is -3.15. The van der Waals surface area contributed by atoms with E-state index in [1.807, 2.05) is 30.2 Å². The van der Waals surface area contributed by atoms with Crippen LogP contribution in [0.25, 0.3) is 11.1 Å². The molecule has 5 nitrogen and oxygen atoms in total. The number of halogens is 1. The Balaban J connectivity index is 1.66. The predicted octanol–water partition coefficient (Wildman–Crippen LogP) is 4.28. The molecule has 0 radical (unpaired) electrons. The molecule has 1 fully saturated rings. The molecule has 2 aromatic heterocycles. The average molecular weight is 390 g/mol. The highest BCUT2D eigenvalue weighted by Crippen LogP contribution is 2.35. The second kappa shape index (κ2) is 8.47. The summed E-state index contributed by atoms with van der Waals surface area (Å²) >= 11 is 0. The van der Waals surface area contributed by atoms with Crippen LogP contribution in [-0.2, 0) is 11.2 Å². The van der Waals surface area contributed by atoms with Crippen molar-refractivity contribution in [1.29, 1.82) is 0 Å². The summed E-state index contributed by atoms with van der Waals surface area (Å²) in [5.74, 6) is 0.433. The number of aromatic nitrogens is 3. The summed E-state index contributed by atoms with van der Waals surface area (Å²) in [6.07, 6.45) is 8.47. The Morgan fingerprint density at radius 2 is 1.90 bits per heavy atom. The van der Waals surface area contributed by atoms with Gasteiger partial charge in [0.15, 0.2) is 0 Å². The number of benzene rings is 1. The lowest BCUT2D eigenvalue weighted by atomic mass is 9.93. The van der Waals surface area contributed by atoms with E-state index in [1.165, 1.54) is 12.1 Å². The van der Waals surface area contributed by atoms with Crippen molar-refractivity contribution in [1.82, 2.24) is 19.9 Å². The van der Waals surface area contributed by atoms with Crippen LogP contribution >= 0.6 is 0 Å². The molecule has 0 N–H and O–H groups in total. The molecule has 6 heteroatoms. The summed E-state index contributed by atoms with van der Waals surface area (Å²) in [5, 5.41) is 0. The van der Waals surface area contributed by atoms with E-state index in [1.54, 1.807) is 24.5 Å². The first-order valence-corrected chi connectivity index (χ1v) is 9.89. The largest absolute Gasteiger partial charge is 0.334 e. The minimum atomic E-state index is -0.296. The van der Waals surface area contributed by atoms with E-state index in [-0.39, 0.29) is 24.2 Å². The van der Waals surface area contributed by atoms with Crippen molar-refractivity contribution < 1.29 is 9.18 Å². The van der Waals surface area contributed by atoms with Crippen LogP contribution in [0.4, 0.5) is 4.39 Å². The summed E-state index contributed by atoms with van der Waals surface area (Å²) in [7, 11) is 0. The van der Waals surface area contributed by atoms with Gasteiger partial charge in [-0.25, -0.2) is 14.4 Å². The lowest BCUT2D eigenvalue weighted by molar-refractivity contribution is -0.134. The number of pyridine rings is 1. The molecule has 1 aliphatic heterocycles. The molecule has 0 aliphatic carbocycles. The highest BCUT2D eigenvalue weighted by Gasteiger charge is 2.31. The van der Waals surface area contributed by atoms with Crippen LogP contribution in [-0.4, -0.2) is 32.3 Å². The number of nitrogens with zero attached hydrogens (tertiary/aromatic N) is 4. The minimum Gasteiger partial charge on any atom is -0.334 e. The standard InChI is InChI=1S/C23H23FN4O/c1-16-26-15-20(18-9-11-25-12-10-18)23(27-16)21-4-2-3-13-28(21)22(29)14-17-5-7-19(24)8-6-17/h5-12,15,21H,2-4,13-14H2,1H3/t21-/m0/s1. The van der Waals surface area contributed by atoms with Crippen LogP contribution in [0, 0.1) is 12.7 Å². The van der Waals surface area contributed by atoms with Crippen LogP contribution in [0.3, 0.4) is 0 Å². The SMILES string of the molecule is Cc1ncc(-c2ccncc2)c([C@@H]2CCCCN2C(=O)Cc2ccc(F)cc2)n1. The highest BCUT2D eigenvalue weighted by atomic mass is 19.1. The molecular weight excluding hydrogens is 367 g/mol. The fourth-order valence-electron chi connectivity index (χ4n) is 3.89. The number of hydrogen-bond acceptors (Lipinski definition) is 4. The lowest BCUT2D eigenvalue weighted by Gasteiger charge is -2.36. The highest BCUT2D eigenvalue weighted by molar-refractivity contribution is 5.80. The second-order valence-electron chi connectivity index (χ2n) is 7.35. The molecule has 3 aromatic rings. The maximum Gasteiger partial charge on any atom is 0.227 e. The summed E-state index contributed by atoms with van der Waals surface area (Å²) in [5.41, 5.74) is 3.63. The molecule has 29 heavy (non-hydrogen) atoms. The van der Waals surface area contributed by atoms with E-state index in [9.17, 15) is 9.18 Å². The molecule has 0 unspecified atom stereocenters. The molecule has 1 aromatic carbocycles. The minimum absolute atomic E-state index is 0.0400. The van der Waals surface area contributed by atoms with E-state index < -0.39 is 0 Å². The third-order valence-electron chi connectivity index (χ3n) is 5.34. The van der Waals surface area contributed by atoms with E-state index in [2.05, 4.69) is 9.97 Å². The summed E-state index contributed by atoms with van der Waals surface area (Å²) in [4.78, 5) is 28.3. The number of piperidine rings is 1. The molecular formula is C23H23FN4O. The van der Waals surface area contributed by atoms with Crippen LogP contribution in [0.2, 0.25) is 0 Å². The van der Waals surface area contributed by atoms with Gasteiger partial charge in [0.2, 0.25) is 5.91 Å². The van der Waals surface area contributed by atoms with Gasteiger partial charge in [-0.3, -0.25) is 9.78 Å². The zero-order chi connectivity index (χ0) is 20.2. The van der Waals surface area contributed by atoms with Gasteiger partial charge in [0.1, 0.15) is 11.6 Å². The van der Waals surface area contributed by atoms with Gasteiger partial charge >= 0.3 is 0 Å². The van der Waals surface area contributed by atoms with Crippen molar-refractivity contribution in [2.45, 2.75) is 38.6 Å². The molecule has 0 saturated carbocycles. The van der Waals surface area contributed by atoms with Crippen LogP contribution in [0.1, 0.15) is 42.4 Å². The second-order valence-corrected chi connectivity index (χ2v) is 7.35. The van der Waals surface area contributed by atoms with Crippen LogP contribution in [0.15, 0.2) is 55.0 Å². The Bertz CT molecular complexity index is 992. The van der Waals surface area contributed by atoms with Crippen molar-refractivity contribution in [2.24, 2.45) is 0 Å². The van der Waals surface area contributed by atoms with Gasteiger partial charge in [-0.15, -0.1) is 0 Å². The Morgan fingerprint density at radius 1 is 1.14 bits per heavy atom. The quantitative estimate of drug-likeness (QED) is 0.667. The van der Waals surface area contributed by atoms with E-state index in [0.29, 0.717) is 12.4 Å². The van der Waals surface area contributed by atoms with Gasteiger partial charge < -0.3 is 4.90 Å². The fourth-order valence-corrected chi connectivity index (χ4v) is 3.89. The maximum atomic E-state index is 13.2. The number of carbonyl (C=O) groups excluding carboxylic acids is 1. The molecule has 0 spiro atoms. The zero-order valence-corrected chi connectivity index (χ0v) is 16.4. The van der Waals surface area contributed by atoms with E-state index in [0.717, 1.165) is 41.6 Å². The molecule has 1 atom stereocenters. The number of hydrogen-bond donors (Lipinski definition) is 0. The first-order valence-electron chi connectivity index (χ1n) is 9.89. The first kappa shape index (κ1) is 19.2. The zero-order valence-electron chi connectivity index (χ0n) is 16.4. The predicted molar refractivity (Wildman–Crippen MR) is 108 cm³/mol. The normalized spacial score (nSPS) is 16.6. The number of amides is 1. The van der Waals surface area contributed by atoms with Gasteiger partial charge in [-0.05, 0) is 61.6 Å². The lowest BCUT2D eigenvalue weighted by Crippen LogP contribution is -2.40. The average Bonchev–Trinajstić information content (AvgIpc) is 2.76. The third kappa shape index (κ3) is 4.31. The smallest absolute Gasteiger partial charge is 0.227 e.